The van der Waals surface area contributed by atoms with E-state index >= 15 is 0 Å². The summed E-state index contributed by atoms with van der Waals surface area (Å²) >= 11 is 10.5. The molecule has 1 N–H and O–H groups in total. The first kappa shape index (κ1) is 14.8. The lowest BCUT2D eigenvalue weighted by Crippen LogP contribution is -2.30. The molecular weight excluding hydrogens is 426 g/mol. The SMILES string of the molecule is Brc1cc(Br)c(OCCNC2CCCC2)c(Br)c1. The lowest BCUT2D eigenvalue weighted by atomic mass is 10.2. The van der Waals surface area contributed by atoms with Gasteiger partial charge in [0.25, 0.3) is 0 Å². The van der Waals surface area contributed by atoms with E-state index in [1.54, 1.807) is 0 Å². The predicted octanol–water partition coefficient (Wildman–Crippen LogP) is 4.89. The van der Waals surface area contributed by atoms with Crippen LogP contribution >= 0.6 is 47.8 Å². The molecule has 1 aliphatic rings. The highest BCUT2D eigenvalue weighted by Gasteiger charge is 2.14. The molecule has 1 aromatic carbocycles. The van der Waals surface area contributed by atoms with Crippen molar-refractivity contribution < 1.29 is 4.74 Å². The number of nitrogens with one attached hydrogen (secondary N) is 1. The third-order valence-electron chi connectivity index (χ3n) is 3.10. The largest absolute Gasteiger partial charge is 0.490 e. The van der Waals surface area contributed by atoms with Gasteiger partial charge in [0.15, 0.2) is 0 Å². The molecule has 0 heterocycles. The Bertz CT molecular complexity index is 382. The molecule has 18 heavy (non-hydrogen) atoms. The van der Waals surface area contributed by atoms with Crippen LogP contribution in [0.4, 0.5) is 0 Å². The normalized spacial score (nSPS) is 16.2. The summed E-state index contributed by atoms with van der Waals surface area (Å²) in [6, 6.07) is 4.68. The zero-order chi connectivity index (χ0) is 13.0. The van der Waals surface area contributed by atoms with E-state index in [2.05, 4.69) is 53.1 Å². The summed E-state index contributed by atoms with van der Waals surface area (Å²) in [5.74, 6) is 0.867. The maximum absolute atomic E-state index is 5.81. The molecule has 1 aliphatic carbocycles. The van der Waals surface area contributed by atoms with Crippen molar-refractivity contribution >= 4 is 47.8 Å². The Hall–Kier alpha value is 0.420. The second-order valence-electron chi connectivity index (χ2n) is 4.48. The van der Waals surface area contributed by atoms with Gasteiger partial charge in [-0.2, -0.15) is 0 Å². The van der Waals surface area contributed by atoms with Crippen LogP contribution in [-0.2, 0) is 0 Å². The first-order valence-electron chi connectivity index (χ1n) is 6.17. The minimum atomic E-state index is 0.690. The summed E-state index contributed by atoms with van der Waals surface area (Å²) in [5, 5.41) is 3.54. The molecule has 2 nitrogen and oxygen atoms in total. The average Bonchev–Trinajstić information content (AvgIpc) is 2.79. The summed E-state index contributed by atoms with van der Waals surface area (Å²) in [4.78, 5) is 0. The van der Waals surface area contributed by atoms with Crippen LogP contribution in [0.25, 0.3) is 0 Å². The summed E-state index contributed by atoms with van der Waals surface area (Å²) in [5.41, 5.74) is 0. The maximum atomic E-state index is 5.81. The van der Waals surface area contributed by atoms with E-state index in [4.69, 9.17) is 4.74 Å². The van der Waals surface area contributed by atoms with Gasteiger partial charge in [-0.1, -0.05) is 28.8 Å². The fraction of sp³-hybridized carbons (Fsp3) is 0.538. The van der Waals surface area contributed by atoms with Crippen LogP contribution in [0.1, 0.15) is 25.7 Å². The van der Waals surface area contributed by atoms with Crippen LogP contribution in [0.3, 0.4) is 0 Å². The van der Waals surface area contributed by atoms with E-state index in [1.165, 1.54) is 25.7 Å². The van der Waals surface area contributed by atoms with Gasteiger partial charge >= 0.3 is 0 Å². The molecular formula is C13H16Br3NO. The van der Waals surface area contributed by atoms with Crippen molar-refractivity contribution in [1.82, 2.24) is 5.32 Å². The van der Waals surface area contributed by atoms with Crippen molar-refractivity contribution in [2.45, 2.75) is 31.7 Å². The molecule has 1 saturated carbocycles. The van der Waals surface area contributed by atoms with Gasteiger partial charge in [0.05, 0.1) is 8.95 Å². The topological polar surface area (TPSA) is 21.3 Å². The van der Waals surface area contributed by atoms with E-state index in [1.807, 2.05) is 12.1 Å². The van der Waals surface area contributed by atoms with Gasteiger partial charge < -0.3 is 10.1 Å². The van der Waals surface area contributed by atoms with Crippen molar-refractivity contribution in [3.63, 3.8) is 0 Å². The van der Waals surface area contributed by atoms with Gasteiger partial charge in [-0.05, 0) is 56.8 Å². The second kappa shape index (κ2) is 7.27. The van der Waals surface area contributed by atoms with E-state index in [9.17, 15) is 0 Å². The first-order valence-corrected chi connectivity index (χ1v) is 8.55. The Morgan fingerprint density at radius 1 is 1.11 bits per heavy atom. The summed E-state index contributed by atoms with van der Waals surface area (Å²) in [7, 11) is 0. The highest BCUT2D eigenvalue weighted by molar-refractivity contribution is 9.11. The Morgan fingerprint density at radius 2 is 1.72 bits per heavy atom. The fourth-order valence-electron chi connectivity index (χ4n) is 2.21. The van der Waals surface area contributed by atoms with Crippen LogP contribution < -0.4 is 10.1 Å². The number of benzene rings is 1. The molecule has 1 aromatic rings. The second-order valence-corrected chi connectivity index (χ2v) is 7.11. The smallest absolute Gasteiger partial charge is 0.147 e. The molecule has 0 atom stereocenters. The Kier molecular flexibility index (Phi) is 5.98. The number of ether oxygens (including phenoxy) is 1. The van der Waals surface area contributed by atoms with Crippen LogP contribution in [0.2, 0.25) is 0 Å². The average molecular weight is 442 g/mol. The zero-order valence-corrected chi connectivity index (χ0v) is 14.8. The number of hydrogen-bond acceptors (Lipinski definition) is 2. The molecule has 2 rings (SSSR count). The summed E-state index contributed by atoms with van der Waals surface area (Å²) < 4.78 is 8.76. The molecule has 0 radical (unpaired) electrons. The van der Waals surface area contributed by atoms with E-state index in [-0.39, 0.29) is 0 Å². The number of halogens is 3. The van der Waals surface area contributed by atoms with Crippen molar-refractivity contribution in [1.29, 1.82) is 0 Å². The minimum absolute atomic E-state index is 0.690. The quantitative estimate of drug-likeness (QED) is 0.657. The van der Waals surface area contributed by atoms with E-state index in [0.717, 1.165) is 25.7 Å². The van der Waals surface area contributed by atoms with Crippen LogP contribution in [0.5, 0.6) is 5.75 Å². The van der Waals surface area contributed by atoms with Gasteiger partial charge in [-0.3, -0.25) is 0 Å². The molecule has 0 spiro atoms. The van der Waals surface area contributed by atoms with Crippen LogP contribution in [0, 0.1) is 0 Å². The molecule has 0 amide bonds. The van der Waals surface area contributed by atoms with Gasteiger partial charge in [0.2, 0.25) is 0 Å². The fourth-order valence-corrected chi connectivity index (χ4v) is 4.70. The minimum Gasteiger partial charge on any atom is -0.490 e. The van der Waals surface area contributed by atoms with Gasteiger partial charge in [0.1, 0.15) is 12.4 Å². The zero-order valence-electron chi connectivity index (χ0n) is 10.0. The van der Waals surface area contributed by atoms with Crippen molar-refractivity contribution in [3.05, 3.63) is 25.6 Å². The molecule has 5 heteroatoms. The predicted molar refractivity (Wildman–Crippen MR) is 85.3 cm³/mol. The molecule has 1 fully saturated rings. The third kappa shape index (κ3) is 4.22. The highest BCUT2D eigenvalue weighted by atomic mass is 79.9. The number of hydrogen-bond donors (Lipinski definition) is 1. The monoisotopic (exact) mass is 439 g/mol. The Morgan fingerprint density at radius 3 is 2.33 bits per heavy atom. The summed E-state index contributed by atoms with van der Waals surface area (Å²) in [6.07, 6.45) is 5.35. The summed E-state index contributed by atoms with van der Waals surface area (Å²) in [6.45, 7) is 1.59. The Labute approximate surface area is 133 Å². The van der Waals surface area contributed by atoms with Crippen LogP contribution in [-0.4, -0.2) is 19.2 Å². The van der Waals surface area contributed by atoms with Crippen LogP contribution in [0.15, 0.2) is 25.6 Å². The van der Waals surface area contributed by atoms with Gasteiger partial charge in [-0.25, -0.2) is 0 Å². The standard InChI is InChI=1S/C13H16Br3NO/c14-9-7-11(15)13(12(16)8-9)18-6-5-17-10-3-1-2-4-10/h7-8,10,17H,1-6H2. The molecule has 0 aliphatic heterocycles. The molecule has 0 bridgehead atoms. The third-order valence-corrected chi connectivity index (χ3v) is 4.74. The molecule has 0 saturated heterocycles. The maximum Gasteiger partial charge on any atom is 0.147 e. The molecule has 100 valence electrons. The lowest BCUT2D eigenvalue weighted by molar-refractivity contribution is 0.302. The van der Waals surface area contributed by atoms with Crippen molar-refractivity contribution in [2.75, 3.05) is 13.2 Å². The van der Waals surface area contributed by atoms with E-state index < -0.39 is 0 Å². The molecule has 0 unspecified atom stereocenters. The van der Waals surface area contributed by atoms with Crippen molar-refractivity contribution in [2.24, 2.45) is 0 Å². The van der Waals surface area contributed by atoms with Crippen molar-refractivity contribution in [3.8, 4) is 5.75 Å². The van der Waals surface area contributed by atoms with Gasteiger partial charge in [-0.15, -0.1) is 0 Å². The lowest BCUT2D eigenvalue weighted by Gasteiger charge is -2.14. The van der Waals surface area contributed by atoms with E-state index in [0.29, 0.717) is 12.6 Å². The van der Waals surface area contributed by atoms with Gasteiger partial charge in [0, 0.05) is 17.1 Å². The highest BCUT2D eigenvalue weighted by Crippen LogP contribution is 2.36. The Balaban J connectivity index is 1.79. The first-order chi connectivity index (χ1) is 8.66. The number of rotatable bonds is 5. The molecule has 0 aromatic heterocycles.